The molecule has 1 unspecified atom stereocenters. The number of carbonyl (C=O) groups is 2. The van der Waals surface area contributed by atoms with E-state index in [0.717, 1.165) is 37.9 Å². The second-order valence-electron chi connectivity index (χ2n) is 11.7. The first-order chi connectivity index (χ1) is 18.1. The SMILES string of the molecule is COc1ccc2c([nH+]1)C(=O)CC[C@]21CNCC1C(=O)N1CC[C@@H](c2ccccc2)C[C@H]1C1CCCCC1. The molecule has 2 aliphatic carbocycles. The second kappa shape index (κ2) is 10.2. The molecule has 196 valence electrons. The van der Waals surface area contributed by atoms with Crippen LogP contribution in [0.1, 0.15) is 85.3 Å². The number of rotatable bonds is 4. The Kier molecular flexibility index (Phi) is 6.78. The number of carbonyl (C=O) groups excluding carboxylic acids is 2. The van der Waals surface area contributed by atoms with Crippen molar-refractivity contribution in [1.82, 2.24) is 10.2 Å². The van der Waals surface area contributed by atoms with Gasteiger partial charge >= 0.3 is 5.88 Å². The summed E-state index contributed by atoms with van der Waals surface area (Å²) < 4.78 is 5.38. The molecule has 2 aromatic rings. The van der Waals surface area contributed by atoms with Gasteiger partial charge in [-0.15, -0.1) is 0 Å². The number of nitrogens with zero attached hydrogens (tertiary/aromatic N) is 1. The molecule has 6 heteroatoms. The van der Waals surface area contributed by atoms with Gasteiger partial charge in [-0.25, -0.2) is 0 Å². The lowest BCUT2D eigenvalue weighted by atomic mass is 9.64. The Morgan fingerprint density at radius 1 is 1.08 bits per heavy atom. The van der Waals surface area contributed by atoms with Crippen LogP contribution in [0.3, 0.4) is 0 Å². The van der Waals surface area contributed by atoms with E-state index >= 15 is 0 Å². The number of pyridine rings is 1. The van der Waals surface area contributed by atoms with Crippen LogP contribution in [0, 0.1) is 11.8 Å². The minimum absolute atomic E-state index is 0.112. The first kappa shape index (κ1) is 24.6. The highest BCUT2D eigenvalue weighted by Crippen LogP contribution is 2.47. The Labute approximate surface area is 220 Å². The number of aromatic nitrogens is 1. The van der Waals surface area contributed by atoms with Crippen molar-refractivity contribution in [2.45, 2.75) is 75.2 Å². The van der Waals surface area contributed by atoms with Gasteiger partial charge in [0.15, 0.2) is 0 Å². The summed E-state index contributed by atoms with van der Waals surface area (Å²) in [4.78, 5) is 33.0. The molecular formula is C31H40N3O3+. The van der Waals surface area contributed by atoms with Crippen molar-refractivity contribution in [2.75, 3.05) is 26.7 Å². The van der Waals surface area contributed by atoms with Gasteiger partial charge in [-0.05, 0) is 55.6 Å². The quantitative estimate of drug-likeness (QED) is 0.677. The number of hydrogen-bond acceptors (Lipinski definition) is 4. The zero-order valence-electron chi connectivity index (χ0n) is 22.0. The molecule has 1 amide bonds. The highest BCUT2D eigenvalue weighted by molar-refractivity contribution is 5.97. The highest BCUT2D eigenvalue weighted by Gasteiger charge is 2.55. The molecule has 1 aromatic carbocycles. The third-order valence-corrected chi connectivity index (χ3v) is 9.90. The largest absolute Gasteiger partial charge is 0.448 e. The van der Waals surface area contributed by atoms with Gasteiger partial charge in [-0.1, -0.05) is 49.6 Å². The average molecular weight is 503 g/mol. The van der Waals surface area contributed by atoms with E-state index in [9.17, 15) is 9.59 Å². The molecular weight excluding hydrogens is 462 g/mol. The Hall–Kier alpha value is -2.73. The van der Waals surface area contributed by atoms with Crippen molar-refractivity contribution in [1.29, 1.82) is 0 Å². The molecule has 1 aromatic heterocycles. The van der Waals surface area contributed by atoms with Crippen LogP contribution in [0.25, 0.3) is 0 Å². The molecule has 1 saturated carbocycles. The molecule has 4 aliphatic rings. The Bertz CT molecular complexity index is 1150. The van der Waals surface area contributed by atoms with Gasteiger partial charge in [0.1, 0.15) is 0 Å². The Balaban J connectivity index is 1.32. The van der Waals surface area contributed by atoms with Gasteiger partial charge in [-0.3, -0.25) is 9.59 Å². The summed E-state index contributed by atoms with van der Waals surface area (Å²) in [6, 6.07) is 15.1. The van der Waals surface area contributed by atoms with E-state index in [4.69, 9.17) is 4.74 Å². The number of likely N-dealkylation sites (tertiary alicyclic amines) is 1. The van der Waals surface area contributed by atoms with Gasteiger partial charge < -0.3 is 15.0 Å². The number of aromatic amines is 1. The van der Waals surface area contributed by atoms with E-state index in [-0.39, 0.29) is 17.1 Å². The van der Waals surface area contributed by atoms with Crippen LogP contribution in [0.5, 0.6) is 5.88 Å². The van der Waals surface area contributed by atoms with Crippen LogP contribution < -0.4 is 15.0 Å². The van der Waals surface area contributed by atoms with Crippen LogP contribution in [0.15, 0.2) is 42.5 Å². The first-order valence-electron chi connectivity index (χ1n) is 14.3. The summed E-state index contributed by atoms with van der Waals surface area (Å²) in [5.74, 6) is 1.94. The molecule has 2 saturated heterocycles. The highest BCUT2D eigenvalue weighted by atomic mass is 16.5. The Morgan fingerprint density at radius 3 is 2.68 bits per heavy atom. The van der Waals surface area contributed by atoms with Crippen LogP contribution in [-0.2, 0) is 10.2 Å². The van der Waals surface area contributed by atoms with Crippen molar-refractivity contribution in [3.63, 3.8) is 0 Å². The fraction of sp³-hybridized carbons (Fsp3) is 0.581. The lowest BCUT2D eigenvalue weighted by Gasteiger charge is -2.47. The van der Waals surface area contributed by atoms with Gasteiger partial charge in [0, 0.05) is 43.1 Å². The van der Waals surface area contributed by atoms with Crippen molar-refractivity contribution in [3.8, 4) is 5.88 Å². The molecule has 2 aliphatic heterocycles. The molecule has 2 N–H and O–H groups in total. The summed E-state index contributed by atoms with van der Waals surface area (Å²) in [5, 5.41) is 3.56. The molecule has 0 radical (unpaired) electrons. The number of benzene rings is 1. The maximum absolute atomic E-state index is 14.6. The van der Waals surface area contributed by atoms with E-state index in [1.54, 1.807) is 7.11 Å². The van der Waals surface area contributed by atoms with Crippen LogP contribution in [0.2, 0.25) is 0 Å². The number of H-pyrrole nitrogens is 1. The number of fused-ring (bicyclic) bond motifs is 2. The van der Waals surface area contributed by atoms with E-state index < -0.39 is 0 Å². The van der Waals surface area contributed by atoms with Gasteiger partial charge in [0.25, 0.3) is 5.69 Å². The predicted molar refractivity (Wildman–Crippen MR) is 142 cm³/mol. The lowest BCUT2D eigenvalue weighted by Crippen LogP contribution is -2.55. The van der Waals surface area contributed by atoms with Crippen molar-refractivity contribution in [3.05, 3.63) is 59.3 Å². The monoisotopic (exact) mass is 502 g/mol. The topological polar surface area (TPSA) is 72.8 Å². The number of Topliss-reactive ketones (excluding diaryl/α,β-unsaturated/α-hetero) is 1. The maximum atomic E-state index is 14.6. The summed E-state index contributed by atoms with van der Waals surface area (Å²) in [6.45, 7) is 2.24. The number of ketones is 1. The van der Waals surface area contributed by atoms with Gasteiger partial charge in [0.2, 0.25) is 11.7 Å². The number of piperidine rings is 1. The maximum Gasteiger partial charge on any atom is 0.366 e. The lowest BCUT2D eigenvalue weighted by molar-refractivity contribution is -0.398. The minimum atomic E-state index is -0.351. The summed E-state index contributed by atoms with van der Waals surface area (Å²) >= 11 is 0. The smallest absolute Gasteiger partial charge is 0.366 e. The van der Waals surface area contributed by atoms with Crippen molar-refractivity contribution >= 4 is 11.7 Å². The minimum Gasteiger partial charge on any atom is -0.448 e. The number of methoxy groups -OCH3 is 1. The fourth-order valence-corrected chi connectivity index (χ4v) is 7.92. The summed E-state index contributed by atoms with van der Waals surface area (Å²) in [6.07, 6.45) is 9.61. The number of hydrogen-bond donors (Lipinski definition) is 1. The van der Waals surface area contributed by atoms with Gasteiger partial charge in [-0.2, -0.15) is 4.98 Å². The second-order valence-corrected chi connectivity index (χ2v) is 11.7. The Morgan fingerprint density at radius 2 is 1.89 bits per heavy atom. The van der Waals surface area contributed by atoms with E-state index in [1.165, 1.54) is 37.7 Å². The molecule has 6 rings (SSSR count). The van der Waals surface area contributed by atoms with E-state index in [0.29, 0.717) is 48.3 Å². The molecule has 4 atom stereocenters. The molecule has 0 bridgehead atoms. The number of nitrogens with one attached hydrogen (secondary N) is 2. The van der Waals surface area contributed by atoms with E-state index in [2.05, 4.69) is 45.5 Å². The normalized spacial score (nSPS) is 30.4. The van der Waals surface area contributed by atoms with E-state index in [1.807, 2.05) is 12.1 Å². The average Bonchev–Trinajstić information content (AvgIpc) is 3.39. The van der Waals surface area contributed by atoms with Crippen LogP contribution in [-0.4, -0.2) is 49.4 Å². The standard InChI is InChI=1S/C31H39N3O3/c1-37-28-13-12-24-29(33-28)27(35)14-16-31(24)20-32-19-25(31)30(36)34-17-15-23(21-8-4-2-5-9-21)18-26(34)22-10-6-3-7-11-22/h2,4-5,8-9,12-13,22-23,25-26,32H,3,6-7,10-11,14-20H2,1H3/p+1/t23-,25?,26+,31+/m1/s1. The molecule has 6 nitrogen and oxygen atoms in total. The predicted octanol–water partition coefficient (Wildman–Crippen LogP) is 4.30. The molecule has 1 spiro atoms. The van der Waals surface area contributed by atoms with Gasteiger partial charge in [0.05, 0.1) is 19.1 Å². The summed E-state index contributed by atoms with van der Waals surface area (Å²) in [7, 11) is 1.61. The third kappa shape index (κ3) is 4.37. The molecule has 3 fully saturated rings. The third-order valence-electron chi connectivity index (χ3n) is 9.90. The van der Waals surface area contributed by atoms with Crippen LogP contribution >= 0.6 is 0 Å². The number of amides is 1. The fourth-order valence-electron chi connectivity index (χ4n) is 7.92. The summed E-state index contributed by atoms with van der Waals surface area (Å²) in [5.41, 5.74) is 2.68. The molecule has 3 heterocycles. The zero-order chi connectivity index (χ0) is 25.4. The van der Waals surface area contributed by atoms with Crippen molar-refractivity contribution in [2.24, 2.45) is 11.8 Å². The molecule has 37 heavy (non-hydrogen) atoms. The zero-order valence-corrected chi connectivity index (χ0v) is 22.0. The van der Waals surface area contributed by atoms with Crippen molar-refractivity contribution < 1.29 is 19.3 Å². The first-order valence-corrected chi connectivity index (χ1v) is 14.3. The number of ether oxygens (including phenoxy) is 1. The van der Waals surface area contributed by atoms with Crippen LogP contribution in [0.4, 0.5) is 0 Å².